The van der Waals surface area contributed by atoms with E-state index in [0.29, 0.717) is 0 Å². The Bertz CT molecular complexity index is 393. The van der Waals surface area contributed by atoms with Gasteiger partial charge in [0.2, 0.25) is 0 Å². The average molecular weight is 314 g/mol. The summed E-state index contributed by atoms with van der Waals surface area (Å²) in [6.45, 7) is 0. The highest BCUT2D eigenvalue weighted by Crippen LogP contribution is 2.28. The molecule has 0 aliphatic carbocycles. The Morgan fingerprint density at radius 1 is 1.57 bits per heavy atom. The largest absolute Gasteiger partial charge is 0.491 e. The van der Waals surface area contributed by atoms with Crippen molar-refractivity contribution in [1.82, 2.24) is 0 Å². The summed E-state index contributed by atoms with van der Waals surface area (Å²) in [6, 6.07) is 0.728. The van der Waals surface area contributed by atoms with Crippen molar-refractivity contribution in [2.24, 2.45) is 0 Å². The Hall–Kier alpha value is -0.920. The van der Waals surface area contributed by atoms with Gasteiger partial charge in [-0.3, -0.25) is 0 Å². The van der Waals surface area contributed by atoms with Gasteiger partial charge < -0.3 is 9.84 Å². The molecular weight excluding hydrogens is 309 g/mol. The van der Waals surface area contributed by atoms with Crippen molar-refractivity contribution >= 4 is 28.6 Å². The lowest BCUT2D eigenvalue weighted by Crippen LogP contribution is -2.05. The van der Waals surface area contributed by atoms with Crippen LogP contribution in [0.5, 0.6) is 5.75 Å². The van der Waals surface area contributed by atoms with Gasteiger partial charge in [0.25, 0.3) is 0 Å². The van der Waals surface area contributed by atoms with Gasteiger partial charge in [0.15, 0.2) is 17.4 Å². The van der Waals surface area contributed by atoms with Crippen molar-refractivity contribution in [1.29, 1.82) is 0 Å². The highest BCUT2D eigenvalue weighted by atomic mass is 127. The molecule has 6 heteroatoms. The second-order valence-electron chi connectivity index (χ2n) is 2.37. The smallest absolute Gasteiger partial charge is 0.336 e. The van der Waals surface area contributed by atoms with E-state index in [1.54, 1.807) is 0 Å². The zero-order valence-electron chi connectivity index (χ0n) is 6.97. The first kappa shape index (κ1) is 11.2. The molecule has 1 rings (SSSR count). The maximum absolute atomic E-state index is 13.2. The van der Waals surface area contributed by atoms with Crippen LogP contribution in [-0.2, 0) is 0 Å². The van der Waals surface area contributed by atoms with Gasteiger partial charge in [-0.1, -0.05) is 0 Å². The summed E-state index contributed by atoms with van der Waals surface area (Å²) in [6.07, 6.45) is 0. The van der Waals surface area contributed by atoms with E-state index in [1.165, 1.54) is 22.6 Å². The average Bonchev–Trinajstić information content (AvgIpc) is 2.12. The van der Waals surface area contributed by atoms with Gasteiger partial charge in [-0.15, -0.1) is 0 Å². The van der Waals surface area contributed by atoms with Crippen molar-refractivity contribution in [2.45, 2.75) is 0 Å². The maximum atomic E-state index is 13.2. The number of ether oxygens (including phenoxy) is 1. The fourth-order valence-corrected chi connectivity index (χ4v) is 1.55. The molecule has 0 saturated heterocycles. The Balaban J connectivity index is 3.47. The van der Waals surface area contributed by atoms with Crippen LogP contribution in [0.3, 0.4) is 0 Å². The fourth-order valence-electron chi connectivity index (χ4n) is 0.921. The molecule has 0 unspecified atom stereocenters. The molecule has 1 aromatic rings. The number of aromatic carboxylic acids is 1. The van der Waals surface area contributed by atoms with Crippen LogP contribution in [-0.4, -0.2) is 18.2 Å². The molecule has 0 spiro atoms. The molecule has 0 amide bonds. The molecule has 1 aromatic carbocycles. The third-order valence-electron chi connectivity index (χ3n) is 1.55. The van der Waals surface area contributed by atoms with Gasteiger partial charge in [-0.2, -0.15) is 0 Å². The molecule has 0 saturated carbocycles. The van der Waals surface area contributed by atoms with Gasteiger partial charge in [0.05, 0.1) is 16.2 Å². The van der Waals surface area contributed by atoms with Gasteiger partial charge in [0.1, 0.15) is 0 Å². The van der Waals surface area contributed by atoms with E-state index in [4.69, 9.17) is 5.11 Å². The second kappa shape index (κ2) is 4.07. The minimum atomic E-state index is -1.38. The summed E-state index contributed by atoms with van der Waals surface area (Å²) in [7, 11) is 1.11. The lowest BCUT2D eigenvalue weighted by molar-refractivity contribution is 0.0694. The number of hydrogen-bond acceptors (Lipinski definition) is 2. The van der Waals surface area contributed by atoms with Gasteiger partial charge in [0, 0.05) is 0 Å². The van der Waals surface area contributed by atoms with Crippen LogP contribution < -0.4 is 4.74 Å². The summed E-state index contributed by atoms with van der Waals surface area (Å²) in [4.78, 5) is 10.5. The van der Waals surface area contributed by atoms with Gasteiger partial charge >= 0.3 is 5.97 Å². The Kier molecular flexibility index (Phi) is 3.25. The molecule has 14 heavy (non-hydrogen) atoms. The van der Waals surface area contributed by atoms with Crippen LogP contribution in [0.1, 0.15) is 10.4 Å². The van der Waals surface area contributed by atoms with E-state index in [2.05, 4.69) is 4.74 Å². The number of methoxy groups -OCH3 is 1. The molecule has 0 bridgehead atoms. The topological polar surface area (TPSA) is 46.5 Å². The summed E-state index contributed by atoms with van der Waals surface area (Å²) < 4.78 is 30.5. The van der Waals surface area contributed by atoms with Crippen LogP contribution in [0.15, 0.2) is 6.07 Å². The van der Waals surface area contributed by atoms with E-state index in [1.807, 2.05) is 0 Å². The van der Waals surface area contributed by atoms with Crippen LogP contribution in [0.25, 0.3) is 0 Å². The molecule has 76 valence electrons. The maximum Gasteiger partial charge on any atom is 0.336 e. The number of carboxylic acid groups (broad SMARTS) is 1. The third-order valence-corrected chi connectivity index (χ3v) is 2.61. The van der Waals surface area contributed by atoms with Crippen molar-refractivity contribution in [2.75, 3.05) is 7.11 Å². The molecule has 0 aromatic heterocycles. The fraction of sp³-hybridized carbons (Fsp3) is 0.125. The second-order valence-corrected chi connectivity index (χ2v) is 3.45. The minimum Gasteiger partial charge on any atom is -0.491 e. The number of carboxylic acids is 1. The van der Waals surface area contributed by atoms with Crippen LogP contribution in [0, 0.1) is 15.2 Å². The molecule has 0 aliphatic rings. The van der Waals surface area contributed by atoms with E-state index in [-0.39, 0.29) is 3.57 Å². The summed E-state index contributed by atoms with van der Waals surface area (Å²) in [5.41, 5.74) is -0.415. The predicted molar refractivity (Wildman–Crippen MR) is 52.6 cm³/mol. The van der Waals surface area contributed by atoms with Crippen molar-refractivity contribution in [3.63, 3.8) is 0 Å². The van der Waals surface area contributed by atoms with Crippen LogP contribution in [0.4, 0.5) is 8.78 Å². The Morgan fingerprint density at radius 3 is 2.57 bits per heavy atom. The van der Waals surface area contributed by atoms with Crippen molar-refractivity contribution in [3.8, 4) is 5.75 Å². The first-order chi connectivity index (χ1) is 6.49. The minimum absolute atomic E-state index is 0.173. The molecule has 3 nitrogen and oxygen atoms in total. The monoisotopic (exact) mass is 314 g/mol. The van der Waals surface area contributed by atoms with Crippen LogP contribution in [0.2, 0.25) is 0 Å². The zero-order valence-corrected chi connectivity index (χ0v) is 9.13. The SMILES string of the molecule is COc1c(F)cc(C(=O)O)c(I)c1F. The molecule has 0 heterocycles. The Morgan fingerprint density at radius 2 is 2.14 bits per heavy atom. The molecule has 0 radical (unpaired) electrons. The molecule has 0 atom stereocenters. The third kappa shape index (κ3) is 1.79. The van der Waals surface area contributed by atoms with E-state index >= 15 is 0 Å². The zero-order chi connectivity index (χ0) is 10.9. The highest BCUT2D eigenvalue weighted by Gasteiger charge is 2.20. The van der Waals surface area contributed by atoms with Crippen molar-refractivity contribution < 1.29 is 23.4 Å². The number of carbonyl (C=O) groups is 1. The highest BCUT2D eigenvalue weighted by molar-refractivity contribution is 14.1. The summed E-state index contributed by atoms with van der Waals surface area (Å²) >= 11 is 1.48. The number of benzene rings is 1. The van der Waals surface area contributed by atoms with Crippen molar-refractivity contribution in [3.05, 3.63) is 26.8 Å². The number of rotatable bonds is 2. The van der Waals surface area contributed by atoms with Gasteiger partial charge in [-0.25, -0.2) is 13.6 Å². The number of hydrogen-bond donors (Lipinski definition) is 1. The van der Waals surface area contributed by atoms with Crippen LogP contribution >= 0.6 is 22.6 Å². The molecule has 1 N–H and O–H groups in total. The lowest BCUT2D eigenvalue weighted by Gasteiger charge is -2.07. The first-order valence-electron chi connectivity index (χ1n) is 3.43. The Labute approximate surface area is 91.8 Å². The van der Waals surface area contributed by atoms with E-state index < -0.39 is 28.9 Å². The lowest BCUT2D eigenvalue weighted by atomic mass is 10.2. The normalized spacial score (nSPS) is 10.0. The standard InChI is InChI=1S/C8H5F2IO3/c1-14-7-4(9)2-3(8(12)13)6(11)5(7)10/h2H,1H3,(H,12,13). The molecular formula is C8H5F2IO3. The van der Waals surface area contributed by atoms with Gasteiger partial charge in [-0.05, 0) is 28.7 Å². The summed E-state index contributed by atoms with van der Waals surface area (Å²) in [5.74, 6) is -3.97. The first-order valence-corrected chi connectivity index (χ1v) is 4.51. The van der Waals surface area contributed by atoms with E-state index in [0.717, 1.165) is 13.2 Å². The molecule has 0 fully saturated rings. The number of halogens is 3. The quantitative estimate of drug-likeness (QED) is 0.673. The molecule has 0 aliphatic heterocycles. The summed E-state index contributed by atoms with van der Waals surface area (Å²) in [5, 5.41) is 8.60. The predicted octanol–water partition coefficient (Wildman–Crippen LogP) is 2.28. The van der Waals surface area contributed by atoms with E-state index in [9.17, 15) is 13.6 Å².